The number of hydrogen-bond acceptors (Lipinski definition) is 7. The summed E-state index contributed by atoms with van der Waals surface area (Å²) in [6, 6.07) is 30.4. The minimum atomic E-state index is -0.581. The molecular weight excluding hydrogens is 554 g/mol. The van der Waals surface area contributed by atoms with Gasteiger partial charge in [-0.05, 0) is 89.0 Å². The maximum atomic E-state index is 13.5. The van der Waals surface area contributed by atoms with Gasteiger partial charge in [-0.3, -0.25) is 19.2 Å². The summed E-state index contributed by atoms with van der Waals surface area (Å²) in [7, 11) is 0. The van der Waals surface area contributed by atoms with Gasteiger partial charge in [0.15, 0.2) is 0 Å². The van der Waals surface area contributed by atoms with E-state index in [4.69, 9.17) is 11.5 Å². The van der Waals surface area contributed by atoms with Gasteiger partial charge in [-0.15, -0.1) is 0 Å². The zero-order valence-corrected chi connectivity index (χ0v) is 22.9. The average Bonchev–Trinajstić information content (AvgIpc) is 3.44. The summed E-state index contributed by atoms with van der Waals surface area (Å²) in [5.41, 5.74) is 16.9. The highest BCUT2D eigenvalue weighted by molar-refractivity contribution is 6.36. The molecule has 0 spiro atoms. The van der Waals surface area contributed by atoms with Crippen LogP contribution < -0.4 is 21.3 Å². The zero-order chi connectivity index (χ0) is 30.7. The van der Waals surface area contributed by atoms with Crippen molar-refractivity contribution in [3.8, 4) is 28.3 Å². The van der Waals surface area contributed by atoms with Crippen LogP contribution in [0.2, 0.25) is 0 Å². The van der Waals surface area contributed by atoms with Crippen LogP contribution in [-0.4, -0.2) is 23.6 Å². The number of nitrogens with zero attached hydrogens (tertiary/aromatic N) is 3. The second-order valence-corrected chi connectivity index (χ2v) is 10.5. The van der Waals surface area contributed by atoms with E-state index in [0.29, 0.717) is 11.4 Å². The van der Waals surface area contributed by atoms with Crippen molar-refractivity contribution in [1.29, 1.82) is 5.26 Å². The minimum Gasteiger partial charge on any atom is -0.399 e. The Morgan fingerprint density at radius 3 is 1.41 bits per heavy atom. The smallest absolute Gasteiger partial charge is 0.266 e. The molecule has 0 saturated carbocycles. The number of benzene rings is 5. The standard InChI is InChI=1S/C35H21N5O4/c36-18-23-15-26(39-32(41)27-12-5-21(16-29(27)34(39)43)19-1-7-24(37)8-2-19)11-14-31(23)40-33(42)28-13-6-22(17-30(28)35(40)44)20-3-9-25(38)10-4-20/h1-17H,37-38H2. The fourth-order valence-corrected chi connectivity index (χ4v) is 5.59. The molecule has 0 aromatic heterocycles. The van der Waals surface area contributed by atoms with Gasteiger partial charge in [0, 0.05) is 11.4 Å². The van der Waals surface area contributed by atoms with Crippen molar-refractivity contribution in [2.24, 2.45) is 0 Å². The molecule has 210 valence electrons. The lowest BCUT2D eigenvalue weighted by molar-refractivity contribution is 0.0909. The Kier molecular flexibility index (Phi) is 5.87. The fraction of sp³-hybridized carbons (Fsp3) is 0. The molecule has 0 saturated heterocycles. The molecule has 9 heteroatoms. The molecule has 9 nitrogen and oxygen atoms in total. The molecule has 44 heavy (non-hydrogen) atoms. The summed E-state index contributed by atoms with van der Waals surface area (Å²) in [5.74, 6) is -2.24. The van der Waals surface area contributed by atoms with Crippen molar-refractivity contribution in [2.45, 2.75) is 0 Å². The van der Waals surface area contributed by atoms with Gasteiger partial charge < -0.3 is 11.5 Å². The SMILES string of the molecule is N#Cc1cc(N2C(=O)c3ccc(-c4ccc(N)cc4)cc3C2=O)ccc1N1C(=O)c2ccc(-c3ccc(N)cc3)cc2C1=O. The van der Waals surface area contributed by atoms with Gasteiger partial charge in [0.05, 0.1) is 39.2 Å². The lowest BCUT2D eigenvalue weighted by atomic mass is 10.00. The normalized spacial score (nSPS) is 13.7. The van der Waals surface area contributed by atoms with E-state index in [1.807, 2.05) is 30.3 Å². The second-order valence-electron chi connectivity index (χ2n) is 10.5. The minimum absolute atomic E-state index is 0.0464. The van der Waals surface area contributed by atoms with Gasteiger partial charge in [-0.2, -0.15) is 5.26 Å². The van der Waals surface area contributed by atoms with Crippen LogP contribution in [0.3, 0.4) is 0 Å². The molecule has 2 heterocycles. The number of nitrogen functional groups attached to an aromatic ring is 2. The first kappa shape index (κ1) is 26.4. The van der Waals surface area contributed by atoms with Crippen LogP contribution in [0.15, 0.2) is 103 Å². The van der Waals surface area contributed by atoms with Gasteiger partial charge >= 0.3 is 0 Å². The number of imide groups is 2. The Morgan fingerprint density at radius 1 is 0.477 bits per heavy atom. The molecule has 4 amide bonds. The zero-order valence-electron chi connectivity index (χ0n) is 22.9. The van der Waals surface area contributed by atoms with Crippen LogP contribution in [0, 0.1) is 11.3 Å². The van der Waals surface area contributed by atoms with E-state index in [-0.39, 0.29) is 39.2 Å². The summed E-state index contributed by atoms with van der Waals surface area (Å²) in [6.07, 6.45) is 0. The third-order valence-electron chi connectivity index (χ3n) is 7.86. The molecule has 0 aliphatic carbocycles. The van der Waals surface area contributed by atoms with Crippen LogP contribution >= 0.6 is 0 Å². The Bertz CT molecular complexity index is 2130. The summed E-state index contributed by atoms with van der Waals surface area (Å²) in [6.45, 7) is 0. The summed E-state index contributed by atoms with van der Waals surface area (Å²) >= 11 is 0. The number of hydrogen-bond donors (Lipinski definition) is 2. The molecule has 5 aromatic rings. The van der Waals surface area contributed by atoms with Crippen molar-refractivity contribution < 1.29 is 19.2 Å². The highest BCUT2D eigenvalue weighted by Gasteiger charge is 2.40. The third-order valence-corrected chi connectivity index (χ3v) is 7.86. The lowest BCUT2D eigenvalue weighted by Crippen LogP contribution is -2.31. The van der Waals surface area contributed by atoms with Crippen LogP contribution in [0.5, 0.6) is 0 Å². The summed E-state index contributed by atoms with van der Waals surface area (Å²) < 4.78 is 0. The Balaban J connectivity index is 1.21. The van der Waals surface area contributed by atoms with Crippen LogP contribution in [0.25, 0.3) is 22.3 Å². The topological polar surface area (TPSA) is 151 Å². The molecule has 5 aromatic carbocycles. The number of carbonyl (C=O) groups is 4. The molecule has 2 aliphatic heterocycles. The molecule has 0 unspecified atom stereocenters. The molecular formula is C35H21N5O4. The quantitative estimate of drug-likeness (QED) is 0.207. The monoisotopic (exact) mass is 575 g/mol. The van der Waals surface area contributed by atoms with E-state index >= 15 is 0 Å². The number of amides is 4. The summed E-state index contributed by atoms with van der Waals surface area (Å²) in [4.78, 5) is 55.7. The molecule has 4 N–H and O–H groups in total. The Hall–Kier alpha value is -6.53. The Labute approximate surface area is 251 Å². The predicted octanol–water partition coefficient (Wildman–Crippen LogP) is 5.66. The Morgan fingerprint density at radius 2 is 0.909 bits per heavy atom. The van der Waals surface area contributed by atoms with Crippen LogP contribution in [-0.2, 0) is 0 Å². The van der Waals surface area contributed by atoms with Crippen molar-refractivity contribution >= 4 is 46.4 Å². The maximum absolute atomic E-state index is 13.5. The molecule has 0 atom stereocenters. The lowest BCUT2D eigenvalue weighted by Gasteiger charge is -2.19. The second kappa shape index (κ2) is 9.79. The molecule has 0 radical (unpaired) electrons. The first-order valence-electron chi connectivity index (χ1n) is 13.6. The van der Waals surface area contributed by atoms with E-state index in [1.165, 1.54) is 18.2 Å². The number of carbonyl (C=O) groups excluding carboxylic acids is 4. The van der Waals surface area contributed by atoms with Crippen LogP contribution in [0.1, 0.15) is 47.0 Å². The van der Waals surface area contributed by atoms with Crippen LogP contribution in [0.4, 0.5) is 22.7 Å². The van der Waals surface area contributed by atoms with Gasteiger partial charge in [0.2, 0.25) is 0 Å². The number of nitrogens with two attached hydrogens (primary N) is 2. The van der Waals surface area contributed by atoms with Crippen molar-refractivity contribution in [3.63, 3.8) is 0 Å². The van der Waals surface area contributed by atoms with Crippen molar-refractivity contribution in [3.05, 3.63) is 131 Å². The molecule has 0 fully saturated rings. The first-order valence-corrected chi connectivity index (χ1v) is 13.6. The van der Waals surface area contributed by atoms with E-state index in [2.05, 4.69) is 0 Å². The third kappa shape index (κ3) is 4.01. The molecule has 2 aliphatic rings. The molecule has 7 rings (SSSR count). The van der Waals surface area contributed by atoms with Crippen molar-refractivity contribution in [1.82, 2.24) is 0 Å². The fourth-order valence-electron chi connectivity index (χ4n) is 5.59. The van der Waals surface area contributed by atoms with E-state index in [1.54, 1.807) is 60.7 Å². The maximum Gasteiger partial charge on any atom is 0.266 e. The largest absolute Gasteiger partial charge is 0.399 e. The van der Waals surface area contributed by atoms with E-state index in [0.717, 1.165) is 32.1 Å². The number of fused-ring (bicyclic) bond motifs is 2. The number of anilines is 4. The van der Waals surface area contributed by atoms with E-state index < -0.39 is 23.6 Å². The number of nitriles is 1. The average molecular weight is 576 g/mol. The number of rotatable bonds is 4. The van der Waals surface area contributed by atoms with Gasteiger partial charge in [-0.1, -0.05) is 36.4 Å². The highest BCUT2D eigenvalue weighted by Crippen LogP contribution is 2.37. The molecule has 0 bridgehead atoms. The summed E-state index contributed by atoms with van der Waals surface area (Å²) in [5, 5.41) is 10.0. The van der Waals surface area contributed by atoms with E-state index in [9.17, 15) is 24.4 Å². The van der Waals surface area contributed by atoms with Gasteiger partial charge in [-0.25, -0.2) is 9.80 Å². The predicted molar refractivity (Wildman–Crippen MR) is 166 cm³/mol. The van der Waals surface area contributed by atoms with Gasteiger partial charge in [0.1, 0.15) is 6.07 Å². The first-order chi connectivity index (χ1) is 21.2. The van der Waals surface area contributed by atoms with Crippen molar-refractivity contribution in [2.75, 3.05) is 21.3 Å². The van der Waals surface area contributed by atoms with Gasteiger partial charge in [0.25, 0.3) is 23.6 Å². The highest BCUT2D eigenvalue weighted by atomic mass is 16.2.